The zero-order valence-corrected chi connectivity index (χ0v) is 9.69. The van der Waals surface area contributed by atoms with E-state index in [1.54, 1.807) is 6.07 Å². The molecule has 1 unspecified atom stereocenters. The molecule has 16 heavy (non-hydrogen) atoms. The number of nitrogens with one attached hydrogen (secondary N) is 1. The number of amides is 1. The van der Waals surface area contributed by atoms with Crippen molar-refractivity contribution in [2.24, 2.45) is 5.92 Å². The Labute approximate surface area is 98.1 Å². The maximum absolute atomic E-state index is 10.6. The molecule has 5 nitrogen and oxygen atoms in total. The van der Waals surface area contributed by atoms with E-state index in [1.165, 1.54) is 6.20 Å². The van der Waals surface area contributed by atoms with Crippen LogP contribution >= 0.6 is 11.6 Å². The summed E-state index contributed by atoms with van der Waals surface area (Å²) in [6, 6.07) is 1.54. The van der Waals surface area contributed by atoms with Crippen molar-refractivity contribution < 1.29 is 15.0 Å². The molecule has 0 aliphatic heterocycles. The minimum atomic E-state index is -1.24. The fourth-order valence-corrected chi connectivity index (χ4v) is 1.50. The number of pyridine rings is 1. The third kappa shape index (κ3) is 2.84. The molecule has 88 valence electrons. The van der Waals surface area contributed by atoms with E-state index in [0.717, 1.165) is 0 Å². The lowest BCUT2D eigenvalue weighted by atomic mass is 9.99. The molecule has 0 fully saturated rings. The molecule has 0 aliphatic rings. The van der Waals surface area contributed by atoms with Crippen LogP contribution in [0.5, 0.6) is 0 Å². The van der Waals surface area contributed by atoms with Gasteiger partial charge in [-0.3, -0.25) is 5.32 Å². The summed E-state index contributed by atoms with van der Waals surface area (Å²) in [4.78, 5) is 14.3. The summed E-state index contributed by atoms with van der Waals surface area (Å²) in [5, 5.41) is 20.7. The number of hydrogen-bond donors (Lipinski definition) is 3. The number of halogens is 1. The van der Waals surface area contributed by atoms with E-state index in [-0.39, 0.29) is 16.8 Å². The summed E-state index contributed by atoms with van der Waals surface area (Å²) in [5.41, 5.74) is 0.565. The molecule has 3 N–H and O–H groups in total. The monoisotopic (exact) mass is 244 g/mol. The van der Waals surface area contributed by atoms with E-state index in [2.05, 4.69) is 10.3 Å². The maximum atomic E-state index is 10.6. The van der Waals surface area contributed by atoms with Gasteiger partial charge in [0.25, 0.3) is 0 Å². The Hall–Kier alpha value is -1.33. The van der Waals surface area contributed by atoms with E-state index in [1.807, 2.05) is 13.8 Å². The first-order valence-corrected chi connectivity index (χ1v) is 5.13. The largest absolute Gasteiger partial charge is 0.465 e. The van der Waals surface area contributed by atoms with Crippen molar-refractivity contribution in [3.63, 3.8) is 0 Å². The van der Waals surface area contributed by atoms with Crippen LogP contribution in [-0.2, 0) is 0 Å². The maximum Gasteiger partial charge on any atom is 0.409 e. The number of aliphatic hydroxyl groups excluding tert-OH is 1. The molecule has 0 aromatic carbocycles. The minimum Gasteiger partial charge on any atom is -0.465 e. The lowest BCUT2D eigenvalue weighted by Crippen LogP contribution is -2.14. The van der Waals surface area contributed by atoms with Gasteiger partial charge < -0.3 is 10.2 Å². The summed E-state index contributed by atoms with van der Waals surface area (Å²) >= 11 is 5.77. The van der Waals surface area contributed by atoms with Crippen LogP contribution in [0.1, 0.15) is 25.5 Å². The van der Waals surface area contributed by atoms with E-state index < -0.39 is 12.2 Å². The Morgan fingerprint density at radius 2 is 2.19 bits per heavy atom. The number of aliphatic hydroxyl groups is 1. The topological polar surface area (TPSA) is 82.5 Å². The van der Waals surface area contributed by atoms with Crippen molar-refractivity contribution in [2.45, 2.75) is 20.0 Å². The molecule has 1 aromatic heterocycles. The SMILES string of the molecule is CC(C)C(O)c1ccnc(Cl)c1NC(=O)O. The highest BCUT2D eigenvalue weighted by atomic mass is 35.5. The van der Waals surface area contributed by atoms with Gasteiger partial charge in [-0.05, 0) is 12.0 Å². The molecule has 1 rings (SSSR count). The average Bonchev–Trinajstić information content (AvgIpc) is 2.19. The molecule has 0 aliphatic carbocycles. The Morgan fingerprint density at radius 3 is 2.69 bits per heavy atom. The number of nitrogens with zero attached hydrogens (tertiary/aromatic N) is 1. The van der Waals surface area contributed by atoms with Crippen molar-refractivity contribution in [1.29, 1.82) is 0 Å². The highest BCUT2D eigenvalue weighted by Crippen LogP contribution is 2.32. The van der Waals surface area contributed by atoms with Crippen LogP contribution in [0.15, 0.2) is 12.3 Å². The van der Waals surface area contributed by atoms with Crippen LogP contribution < -0.4 is 5.32 Å². The van der Waals surface area contributed by atoms with Crippen LogP contribution in [0.2, 0.25) is 5.15 Å². The fourth-order valence-electron chi connectivity index (χ4n) is 1.29. The highest BCUT2D eigenvalue weighted by molar-refractivity contribution is 6.32. The predicted octanol–water partition coefficient (Wildman–Crippen LogP) is 2.51. The zero-order chi connectivity index (χ0) is 12.3. The number of carboxylic acid groups (broad SMARTS) is 1. The molecule has 0 bridgehead atoms. The van der Waals surface area contributed by atoms with Crippen molar-refractivity contribution in [3.8, 4) is 0 Å². The van der Waals surface area contributed by atoms with Gasteiger partial charge in [-0.25, -0.2) is 9.78 Å². The predicted molar refractivity (Wildman–Crippen MR) is 60.7 cm³/mol. The van der Waals surface area contributed by atoms with Gasteiger partial charge in [0.2, 0.25) is 0 Å². The highest BCUT2D eigenvalue weighted by Gasteiger charge is 2.19. The van der Waals surface area contributed by atoms with Crippen LogP contribution in [0, 0.1) is 5.92 Å². The van der Waals surface area contributed by atoms with E-state index in [4.69, 9.17) is 16.7 Å². The molecule has 1 amide bonds. The van der Waals surface area contributed by atoms with Gasteiger partial charge in [-0.1, -0.05) is 25.4 Å². The van der Waals surface area contributed by atoms with Gasteiger partial charge in [0.1, 0.15) is 0 Å². The third-order valence-corrected chi connectivity index (χ3v) is 2.41. The molecule has 6 heteroatoms. The summed E-state index contributed by atoms with van der Waals surface area (Å²) in [5.74, 6) is -0.0483. The zero-order valence-electron chi connectivity index (χ0n) is 8.94. The summed E-state index contributed by atoms with van der Waals surface area (Å²) in [6.07, 6.45) is -0.606. The second-order valence-electron chi connectivity index (χ2n) is 3.68. The van der Waals surface area contributed by atoms with Gasteiger partial charge in [0.05, 0.1) is 11.8 Å². The smallest absolute Gasteiger partial charge is 0.409 e. The number of carbonyl (C=O) groups is 1. The van der Waals surface area contributed by atoms with Crippen molar-refractivity contribution in [3.05, 3.63) is 23.0 Å². The minimum absolute atomic E-state index is 0.0274. The second kappa shape index (κ2) is 5.14. The van der Waals surface area contributed by atoms with Crippen molar-refractivity contribution in [1.82, 2.24) is 4.98 Å². The Kier molecular flexibility index (Phi) is 4.09. The van der Waals surface area contributed by atoms with Gasteiger partial charge in [-0.15, -0.1) is 0 Å². The number of anilines is 1. The van der Waals surface area contributed by atoms with Crippen molar-refractivity contribution >= 4 is 23.4 Å². The number of rotatable bonds is 3. The van der Waals surface area contributed by atoms with E-state index in [0.29, 0.717) is 5.56 Å². The second-order valence-corrected chi connectivity index (χ2v) is 4.04. The average molecular weight is 245 g/mol. The van der Waals surface area contributed by atoms with Crippen LogP contribution in [0.25, 0.3) is 0 Å². The van der Waals surface area contributed by atoms with Gasteiger partial charge in [-0.2, -0.15) is 0 Å². The Balaban J connectivity index is 3.17. The molecule has 1 aromatic rings. The van der Waals surface area contributed by atoms with Gasteiger partial charge in [0.15, 0.2) is 5.15 Å². The van der Waals surface area contributed by atoms with Crippen LogP contribution in [-0.4, -0.2) is 21.3 Å². The van der Waals surface area contributed by atoms with Gasteiger partial charge in [0, 0.05) is 11.8 Å². The molecular formula is C10H13ClN2O3. The standard InChI is InChI=1S/C10H13ClN2O3/c1-5(2)8(14)6-3-4-12-9(11)7(6)13-10(15)16/h3-5,8,13-14H,1-2H3,(H,15,16). The molecular weight excluding hydrogens is 232 g/mol. The molecule has 1 heterocycles. The van der Waals surface area contributed by atoms with E-state index in [9.17, 15) is 9.90 Å². The summed E-state index contributed by atoms with van der Waals surface area (Å²) < 4.78 is 0. The summed E-state index contributed by atoms with van der Waals surface area (Å²) in [7, 11) is 0. The summed E-state index contributed by atoms with van der Waals surface area (Å²) in [6.45, 7) is 3.65. The lowest BCUT2D eigenvalue weighted by Gasteiger charge is -2.18. The third-order valence-electron chi connectivity index (χ3n) is 2.12. The molecule has 0 radical (unpaired) electrons. The number of aromatic nitrogens is 1. The Morgan fingerprint density at radius 1 is 1.56 bits per heavy atom. The molecule has 0 saturated heterocycles. The Bertz CT molecular complexity index is 396. The fraction of sp³-hybridized carbons (Fsp3) is 0.400. The van der Waals surface area contributed by atoms with Crippen molar-refractivity contribution in [2.75, 3.05) is 5.32 Å². The van der Waals surface area contributed by atoms with Crippen LogP contribution in [0.4, 0.5) is 10.5 Å². The lowest BCUT2D eigenvalue weighted by molar-refractivity contribution is 0.127. The van der Waals surface area contributed by atoms with Gasteiger partial charge >= 0.3 is 6.09 Å². The first-order chi connectivity index (χ1) is 7.43. The number of hydrogen-bond acceptors (Lipinski definition) is 3. The van der Waals surface area contributed by atoms with Crippen LogP contribution in [0.3, 0.4) is 0 Å². The molecule has 1 atom stereocenters. The van der Waals surface area contributed by atoms with E-state index >= 15 is 0 Å². The molecule has 0 saturated carbocycles. The first kappa shape index (κ1) is 12.7. The normalized spacial score (nSPS) is 12.6. The quantitative estimate of drug-likeness (QED) is 0.714. The first-order valence-electron chi connectivity index (χ1n) is 4.76. The molecule has 0 spiro atoms.